The van der Waals surface area contributed by atoms with Crippen LogP contribution in [0, 0.1) is 10.1 Å². The number of hydrogen-bond acceptors (Lipinski definition) is 6. The van der Waals surface area contributed by atoms with Gasteiger partial charge >= 0.3 is 0 Å². The summed E-state index contributed by atoms with van der Waals surface area (Å²) in [6.45, 7) is 4.17. The van der Waals surface area contributed by atoms with Gasteiger partial charge < -0.3 is 15.4 Å². The van der Waals surface area contributed by atoms with Crippen molar-refractivity contribution in [1.29, 1.82) is 0 Å². The average molecular weight is 472 g/mol. The Labute approximate surface area is 202 Å². The molecule has 0 unspecified atom stereocenters. The number of amides is 1. The van der Waals surface area contributed by atoms with Gasteiger partial charge in [-0.05, 0) is 74.4 Å². The number of non-ortho nitro benzene ring substituents is 1. The predicted molar refractivity (Wildman–Crippen MR) is 134 cm³/mol. The number of anilines is 1. The normalized spacial score (nSPS) is 15.0. The summed E-state index contributed by atoms with van der Waals surface area (Å²) < 4.78 is 5.36. The highest BCUT2D eigenvalue weighted by Gasteiger charge is 2.28. The zero-order valence-corrected chi connectivity index (χ0v) is 19.6. The van der Waals surface area contributed by atoms with Crippen LogP contribution in [0.25, 0.3) is 5.70 Å². The minimum absolute atomic E-state index is 0.0876. The second-order valence-electron chi connectivity index (χ2n) is 8.97. The highest BCUT2D eigenvalue weighted by Crippen LogP contribution is 2.32. The van der Waals surface area contributed by atoms with Crippen LogP contribution >= 0.6 is 0 Å². The van der Waals surface area contributed by atoms with Crippen molar-refractivity contribution in [3.05, 3.63) is 105 Å². The molecule has 0 spiro atoms. The van der Waals surface area contributed by atoms with Gasteiger partial charge in [-0.1, -0.05) is 6.07 Å². The number of nitrogens with zero attached hydrogens (tertiary/aromatic N) is 1. The van der Waals surface area contributed by atoms with E-state index in [4.69, 9.17) is 4.74 Å². The molecule has 2 N–H and O–H groups in total. The van der Waals surface area contributed by atoms with Gasteiger partial charge in [0.05, 0.1) is 12.0 Å². The lowest BCUT2D eigenvalue weighted by molar-refractivity contribution is -0.384. The van der Waals surface area contributed by atoms with Gasteiger partial charge in [0.1, 0.15) is 5.75 Å². The SMILES string of the molecule is COc1ccc2c(c1)C(=CC(=O)c1ccc(NC(=O)c3ccc([N+](=O)[O-])cc3)cc1)NC(C)(C)C2. The number of ether oxygens (including phenoxy) is 1. The lowest BCUT2D eigenvalue weighted by Gasteiger charge is -2.35. The van der Waals surface area contributed by atoms with Crippen LogP contribution in [0.2, 0.25) is 0 Å². The molecule has 1 heterocycles. The zero-order chi connectivity index (χ0) is 25.2. The summed E-state index contributed by atoms with van der Waals surface area (Å²) in [4.78, 5) is 35.7. The van der Waals surface area contributed by atoms with Crippen LogP contribution in [-0.4, -0.2) is 29.3 Å². The Morgan fingerprint density at radius 3 is 2.31 bits per heavy atom. The summed E-state index contributed by atoms with van der Waals surface area (Å²) >= 11 is 0. The summed E-state index contributed by atoms with van der Waals surface area (Å²) in [7, 11) is 1.61. The molecule has 8 heteroatoms. The van der Waals surface area contributed by atoms with Crippen molar-refractivity contribution in [2.24, 2.45) is 0 Å². The lowest BCUT2D eigenvalue weighted by atomic mass is 9.85. The maximum Gasteiger partial charge on any atom is 0.269 e. The van der Waals surface area contributed by atoms with Gasteiger partial charge in [0.15, 0.2) is 5.78 Å². The number of allylic oxidation sites excluding steroid dienone is 1. The largest absolute Gasteiger partial charge is 0.497 e. The number of ketones is 1. The minimum atomic E-state index is -0.522. The molecule has 0 radical (unpaired) electrons. The molecule has 0 atom stereocenters. The number of fused-ring (bicyclic) bond motifs is 1. The molecule has 0 fully saturated rings. The van der Waals surface area contributed by atoms with Crippen LogP contribution in [0.3, 0.4) is 0 Å². The number of nitro benzene ring substituents is 1. The number of nitro groups is 1. The maximum atomic E-state index is 13.0. The molecule has 0 saturated carbocycles. The van der Waals surface area contributed by atoms with Gasteiger partial charge in [0.2, 0.25) is 0 Å². The van der Waals surface area contributed by atoms with Crippen LogP contribution in [0.4, 0.5) is 11.4 Å². The Morgan fingerprint density at radius 1 is 1.03 bits per heavy atom. The number of benzene rings is 3. The first-order chi connectivity index (χ1) is 16.6. The van der Waals surface area contributed by atoms with E-state index in [9.17, 15) is 19.7 Å². The van der Waals surface area contributed by atoms with Crippen molar-refractivity contribution in [2.75, 3.05) is 12.4 Å². The summed E-state index contributed by atoms with van der Waals surface area (Å²) in [6, 6.07) is 17.8. The minimum Gasteiger partial charge on any atom is -0.497 e. The van der Waals surface area contributed by atoms with E-state index in [0.29, 0.717) is 16.8 Å². The van der Waals surface area contributed by atoms with E-state index in [1.807, 2.05) is 18.2 Å². The third-order valence-electron chi connectivity index (χ3n) is 5.76. The Hall–Kier alpha value is -4.46. The fourth-order valence-corrected chi connectivity index (χ4v) is 4.02. The first kappa shape index (κ1) is 23.7. The van der Waals surface area contributed by atoms with Crippen molar-refractivity contribution in [1.82, 2.24) is 5.32 Å². The molecule has 3 aromatic rings. The summed E-state index contributed by atoms with van der Waals surface area (Å²) in [6.07, 6.45) is 2.41. The molecule has 0 aliphatic carbocycles. The third kappa shape index (κ3) is 5.38. The zero-order valence-electron chi connectivity index (χ0n) is 19.6. The van der Waals surface area contributed by atoms with Gasteiger partial charge in [-0.2, -0.15) is 0 Å². The van der Waals surface area contributed by atoms with Crippen LogP contribution in [-0.2, 0) is 6.42 Å². The quantitative estimate of drug-likeness (QED) is 0.226. The molecule has 3 aromatic carbocycles. The molecule has 178 valence electrons. The smallest absolute Gasteiger partial charge is 0.269 e. The first-order valence-corrected chi connectivity index (χ1v) is 11.0. The standard InChI is InChI=1S/C27H25N3O5/c1-27(2)16-19-8-13-22(35-3)14-23(19)24(29-27)15-25(31)17-4-9-20(10-5-17)28-26(32)18-6-11-21(12-7-18)30(33)34/h4-15,29H,16H2,1-3H3,(H,28,32). The highest BCUT2D eigenvalue weighted by atomic mass is 16.6. The number of hydrogen-bond donors (Lipinski definition) is 2. The van der Waals surface area contributed by atoms with Gasteiger partial charge in [0.25, 0.3) is 11.6 Å². The fourth-order valence-electron chi connectivity index (χ4n) is 4.02. The van der Waals surface area contributed by atoms with Gasteiger partial charge in [-0.3, -0.25) is 19.7 Å². The molecule has 1 amide bonds. The van der Waals surface area contributed by atoms with Gasteiger partial charge in [-0.25, -0.2) is 0 Å². The molecule has 8 nitrogen and oxygen atoms in total. The second-order valence-corrected chi connectivity index (χ2v) is 8.97. The molecular weight excluding hydrogens is 446 g/mol. The topological polar surface area (TPSA) is 111 Å². The Morgan fingerprint density at radius 2 is 1.69 bits per heavy atom. The van der Waals surface area contributed by atoms with Gasteiger partial charge in [-0.15, -0.1) is 0 Å². The molecule has 0 bridgehead atoms. The Balaban J connectivity index is 1.51. The van der Waals surface area contributed by atoms with Crippen LogP contribution in [0.15, 0.2) is 72.8 Å². The van der Waals surface area contributed by atoms with E-state index in [1.165, 1.54) is 24.3 Å². The predicted octanol–water partition coefficient (Wildman–Crippen LogP) is 5.00. The first-order valence-electron chi connectivity index (χ1n) is 11.0. The summed E-state index contributed by atoms with van der Waals surface area (Å²) in [5.41, 5.74) is 3.78. The molecule has 4 rings (SSSR count). The average Bonchev–Trinajstić information content (AvgIpc) is 2.83. The van der Waals surface area contributed by atoms with E-state index < -0.39 is 10.8 Å². The molecule has 0 aromatic heterocycles. The second kappa shape index (κ2) is 9.42. The highest BCUT2D eigenvalue weighted by molar-refractivity contribution is 6.09. The van der Waals surface area contributed by atoms with Crippen LogP contribution in [0.5, 0.6) is 5.75 Å². The molecule has 0 saturated heterocycles. The summed E-state index contributed by atoms with van der Waals surface area (Å²) in [5.74, 6) is 0.143. The van der Waals surface area contributed by atoms with Crippen molar-refractivity contribution >= 4 is 28.8 Å². The van der Waals surface area contributed by atoms with E-state index in [-0.39, 0.29) is 17.0 Å². The maximum absolute atomic E-state index is 13.0. The van der Waals surface area contributed by atoms with Crippen molar-refractivity contribution in [2.45, 2.75) is 25.8 Å². The Bertz CT molecular complexity index is 1330. The van der Waals surface area contributed by atoms with Crippen LogP contribution in [0.1, 0.15) is 45.7 Å². The number of rotatable bonds is 6. The lowest BCUT2D eigenvalue weighted by Crippen LogP contribution is -2.43. The number of methoxy groups -OCH3 is 1. The molecular formula is C27H25N3O5. The van der Waals surface area contributed by atoms with Crippen LogP contribution < -0.4 is 15.4 Å². The molecule has 1 aliphatic heterocycles. The Kier molecular flexibility index (Phi) is 6.38. The van der Waals surface area contributed by atoms with Crippen molar-refractivity contribution in [3.8, 4) is 5.75 Å². The van der Waals surface area contributed by atoms with E-state index in [1.54, 1.807) is 37.5 Å². The molecule has 35 heavy (non-hydrogen) atoms. The number of nitrogens with one attached hydrogen (secondary N) is 2. The third-order valence-corrected chi connectivity index (χ3v) is 5.76. The van der Waals surface area contributed by atoms with Crippen molar-refractivity contribution < 1.29 is 19.2 Å². The summed E-state index contributed by atoms with van der Waals surface area (Å²) in [5, 5.41) is 17.0. The number of carbonyl (C=O) groups is 2. The van der Waals surface area contributed by atoms with E-state index in [2.05, 4.69) is 24.5 Å². The molecule has 1 aliphatic rings. The van der Waals surface area contributed by atoms with E-state index >= 15 is 0 Å². The number of carbonyl (C=O) groups excluding carboxylic acids is 2. The van der Waals surface area contributed by atoms with E-state index in [0.717, 1.165) is 29.0 Å². The van der Waals surface area contributed by atoms with Crippen molar-refractivity contribution in [3.63, 3.8) is 0 Å². The van der Waals surface area contributed by atoms with Gasteiger partial charge in [0, 0.05) is 51.8 Å². The monoisotopic (exact) mass is 471 g/mol. The fraction of sp³-hybridized carbons (Fsp3) is 0.185.